The van der Waals surface area contributed by atoms with Crippen LogP contribution in [0.2, 0.25) is 0 Å². The molecule has 8 nitrogen and oxygen atoms in total. The topological polar surface area (TPSA) is 122 Å². The fourth-order valence-electron chi connectivity index (χ4n) is 3.93. The Balaban J connectivity index is 1.67. The Morgan fingerprint density at radius 2 is 1.96 bits per heavy atom. The average molecular weight is 363 g/mol. The van der Waals surface area contributed by atoms with Gasteiger partial charge in [0.25, 0.3) is 5.91 Å². The van der Waals surface area contributed by atoms with Gasteiger partial charge in [-0.25, -0.2) is 4.98 Å². The van der Waals surface area contributed by atoms with E-state index in [0.717, 1.165) is 44.9 Å². The van der Waals surface area contributed by atoms with E-state index in [1.165, 1.54) is 6.20 Å². The number of nitrogens with zero attached hydrogens (tertiary/aromatic N) is 2. The van der Waals surface area contributed by atoms with Crippen molar-refractivity contribution in [1.29, 1.82) is 0 Å². The Hall–Kier alpha value is -1.93. The number of nitrogens with two attached hydrogens (primary N) is 1. The van der Waals surface area contributed by atoms with Gasteiger partial charge in [-0.2, -0.15) is 4.98 Å². The molecule has 26 heavy (non-hydrogen) atoms. The number of carbonyl (C=O) groups excluding carboxylic acids is 1. The molecule has 144 valence electrons. The summed E-state index contributed by atoms with van der Waals surface area (Å²) in [5, 5.41) is 16.0. The summed E-state index contributed by atoms with van der Waals surface area (Å²) < 4.78 is 5.40. The second-order valence-corrected chi connectivity index (χ2v) is 7.38. The minimum Gasteiger partial charge on any atom is -0.396 e. The highest BCUT2D eigenvalue weighted by molar-refractivity contribution is 5.97. The summed E-state index contributed by atoms with van der Waals surface area (Å²) in [4.78, 5) is 20.5. The van der Waals surface area contributed by atoms with Crippen molar-refractivity contribution in [2.45, 2.75) is 63.1 Å². The quantitative estimate of drug-likeness (QED) is 0.579. The molecule has 1 aromatic rings. The molecule has 0 spiro atoms. The molecule has 0 saturated heterocycles. The van der Waals surface area contributed by atoms with Crippen LogP contribution < -0.4 is 16.4 Å². The van der Waals surface area contributed by atoms with Crippen molar-refractivity contribution in [2.24, 2.45) is 11.7 Å². The number of hydrogen-bond donors (Lipinski definition) is 4. The van der Waals surface area contributed by atoms with Gasteiger partial charge in [0.2, 0.25) is 5.95 Å². The lowest BCUT2D eigenvalue weighted by Crippen LogP contribution is -2.30. The van der Waals surface area contributed by atoms with E-state index in [-0.39, 0.29) is 12.6 Å². The van der Waals surface area contributed by atoms with Gasteiger partial charge in [0.15, 0.2) is 0 Å². The van der Waals surface area contributed by atoms with Gasteiger partial charge < -0.3 is 26.2 Å². The molecule has 2 aliphatic rings. The third kappa shape index (κ3) is 4.62. The third-order valence-electron chi connectivity index (χ3n) is 5.54. The van der Waals surface area contributed by atoms with E-state index in [4.69, 9.17) is 10.5 Å². The van der Waals surface area contributed by atoms with E-state index in [0.29, 0.717) is 35.4 Å². The highest BCUT2D eigenvalue weighted by atomic mass is 16.5. The van der Waals surface area contributed by atoms with E-state index in [9.17, 15) is 9.90 Å². The number of nitrogens with one attached hydrogen (secondary N) is 2. The highest BCUT2D eigenvalue weighted by Gasteiger charge is 2.26. The van der Waals surface area contributed by atoms with E-state index in [1.807, 2.05) is 0 Å². The van der Waals surface area contributed by atoms with Gasteiger partial charge in [0, 0.05) is 32.0 Å². The molecule has 2 saturated carbocycles. The van der Waals surface area contributed by atoms with Gasteiger partial charge in [0.1, 0.15) is 5.82 Å². The van der Waals surface area contributed by atoms with Crippen molar-refractivity contribution in [3.05, 3.63) is 11.8 Å². The van der Waals surface area contributed by atoms with Crippen molar-refractivity contribution >= 4 is 17.7 Å². The SMILES string of the molecule is CO[C@H]1CC[C@H](Nc2ncc(C(N)=O)c(N[C@H]3CC[C@H](CO)C3)n2)CC1. The van der Waals surface area contributed by atoms with Gasteiger partial charge in [0.05, 0.1) is 11.7 Å². The van der Waals surface area contributed by atoms with Crippen LogP contribution >= 0.6 is 0 Å². The van der Waals surface area contributed by atoms with Crippen molar-refractivity contribution in [2.75, 3.05) is 24.4 Å². The maximum Gasteiger partial charge on any atom is 0.254 e. The lowest BCUT2D eigenvalue weighted by atomic mass is 9.93. The minimum atomic E-state index is -0.545. The molecule has 0 aliphatic heterocycles. The maximum atomic E-state index is 11.7. The van der Waals surface area contributed by atoms with E-state index < -0.39 is 5.91 Å². The Bertz CT molecular complexity index is 619. The van der Waals surface area contributed by atoms with E-state index in [2.05, 4.69) is 20.6 Å². The normalized spacial score (nSPS) is 28.7. The molecule has 0 unspecified atom stereocenters. The molecule has 0 aromatic carbocycles. The molecule has 3 rings (SSSR count). The molecule has 0 bridgehead atoms. The molecule has 0 radical (unpaired) electrons. The first-order chi connectivity index (χ1) is 12.6. The molecule has 2 aliphatic carbocycles. The van der Waals surface area contributed by atoms with Crippen LogP contribution in [0.3, 0.4) is 0 Å². The molecule has 1 aromatic heterocycles. The van der Waals surface area contributed by atoms with Crippen molar-refractivity contribution in [3.8, 4) is 0 Å². The first-order valence-corrected chi connectivity index (χ1v) is 9.42. The van der Waals surface area contributed by atoms with Crippen molar-refractivity contribution < 1.29 is 14.6 Å². The number of methoxy groups -OCH3 is 1. The number of aliphatic hydroxyl groups excluding tert-OH is 1. The molecule has 1 amide bonds. The zero-order valence-electron chi connectivity index (χ0n) is 15.3. The van der Waals surface area contributed by atoms with Crippen LogP contribution in [0.4, 0.5) is 11.8 Å². The number of carbonyl (C=O) groups is 1. The zero-order valence-corrected chi connectivity index (χ0v) is 15.3. The molecule has 2 fully saturated rings. The summed E-state index contributed by atoms with van der Waals surface area (Å²) in [6.07, 6.45) is 8.64. The Morgan fingerprint density at radius 1 is 1.23 bits per heavy atom. The zero-order chi connectivity index (χ0) is 18.5. The van der Waals surface area contributed by atoms with Crippen LogP contribution in [0.5, 0.6) is 0 Å². The average Bonchev–Trinajstić information content (AvgIpc) is 3.10. The number of amides is 1. The maximum absolute atomic E-state index is 11.7. The van der Waals surface area contributed by atoms with Crippen LogP contribution in [-0.2, 0) is 4.74 Å². The van der Waals surface area contributed by atoms with Gasteiger partial charge in [-0.3, -0.25) is 4.79 Å². The monoisotopic (exact) mass is 363 g/mol. The van der Waals surface area contributed by atoms with Gasteiger partial charge in [-0.15, -0.1) is 0 Å². The summed E-state index contributed by atoms with van der Waals surface area (Å²) in [6.45, 7) is 0.196. The van der Waals surface area contributed by atoms with Crippen molar-refractivity contribution in [1.82, 2.24) is 9.97 Å². The number of hydrogen-bond acceptors (Lipinski definition) is 7. The first-order valence-electron chi connectivity index (χ1n) is 9.42. The minimum absolute atomic E-state index is 0.185. The van der Waals surface area contributed by atoms with Gasteiger partial charge >= 0.3 is 0 Å². The van der Waals surface area contributed by atoms with Crippen LogP contribution in [0.25, 0.3) is 0 Å². The van der Waals surface area contributed by atoms with Crippen LogP contribution in [0, 0.1) is 5.92 Å². The Kier molecular flexibility index (Phi) is 6.26. The van der Waals surface area contributed by atoms with Crippen molar-refractivity contribution in [3.63, 3.8) is 0 Å². The van der Waals surface area contributed by atoms with E-state index in [1.54, 1.807) is 7.11 Å². The molecular weight excluding hydrogens is 334 g/mol. The predicted molar refractivity (Wildman–Crippen MR) is 99.1 cm³/mol. The smallest absolute Gasteiger partial charge is 0.254 e. The third-order valence-corrected chi connectivity index (χ3v) is 5.54. The van der Waals surface area contributed by atoms with E-state index >= 15 is 0 Å². The van der Waals surface area contributed by atoms with Crippen LogP contribution in [-0.4, -0.2) is 52.9 Å². The Morgan fingerprint density at radius 3 is 2.58 bits per heavy atom. The summed E-state index contributed by atoms with van der Waals surface area (Å²) in [5.41, 5.74) is 5.77. The number of ether oxygens (including phenoxy) is 1. The van der Waals surface area contributed by atoms with Crippen LogP contribution in [0.1, 0.15) is 55.3 Å². The standard InChI is InChI=1S/C18H29N5O3/c1-26-14-6-4-12(5-7-14)22-18-20-9-15(16(19)25)17(23-18)21-13-3-2-11(8-13)10-24/h9,11-14,24H,2-8,10H2,1H3,(H2,19,25)(H2,20,21,22,23)/t11-,12-,13-,14-/m0/s1. The second kappa shape index (κ2) is 8.64. The van der Waals surface area contributed by atoms with Crippen LogP contribution in [0.15, 0.2) is 6.20 Å². The molecule has 5 N–H and O–H groups in total. The lowest BCUT2D eigenvalue weighted by molar-refractivity contribution is 0.0681. The molecule has 1 heterocycles. The molecular formula is C18H29N5O3. The molecule has 8 heteroatoms. The fourth-order valence-corrected chi connectivity index (χ4v) is 3.93. The lowest BCUT2D eigenvalue weighted by Gasteiger charge is -2.28. The number of aromatic nitrogens is 2. The second-order valence-electron chi connectivity index (χ2n) is 7.38. The summed E-state index contributed by atoms with van der Waals surface area (Å²) in [7, 11) is 1.76. The number of rotatable bonds is 7. The molecule has 2 atom stereocenters. The summed E-state index contributed by atoms with van der Waals surface area (Å²) in [6, 6.07) is 0.490. The van der Waals surface area contributed by atoms with Gasteiger partial charge in [-0.1, -0.05) is 0 Å². The number of primary amides is 1. The fraction of sp³-hybridized carbons (Fsp3) is 0.722. The first kappa shape index (κ1) is 18.8. The number of aliphatic hydroxyl groups is 1. The number of anilines is 2. The summed E-state index contributed by atoms with van der Waals surface area (Å²) in [5.74, 6) is 0.746. The Labute approximate surface area is 153 Å². The summed E-state index contributed by atoms with van der Waals surface area (Å²) >= 11 is 0. The van der Waals surface area contributed by atoms with Gasteiger partial charge in [-0.05, 0) is 50.9 Å². The predicted octanol–water partition coefficient (Wildman–Crippen LogP) is 1.52. The highest BCUT2D eigenvalue weighted by Crippen LogP contribution is 2.29. The largest absolute Gasteiger partial charge is 0.396 e.